The smallest absolute Gasteiger partial charge is 0.257 e. The fourth-order valence-corrected chi connectivity index (χ4v) is 2.20. The Bertz CT molecular complexity index is 565. The fraction of sp³-hybridized carbons (Fsp3) is 0.500. The van der Waals surface area contributed by atoms with Gasteiger partial charge in [0.2, 0.25) is 11.9 Å². The molecule has 1 aliphatic heterocycles. The van der Waals surface area contributed by atoms with Crippen LogP contribution < -0.4 is 11.1 Å². The van der Waals surface area contributed by atoms with Crippen molar-refractivity contribution < 1.29 is 4.74 Å². The van der Waals surface area contributed by atoms with E-state index >= 15 is 0 Å². The summed E-state index contributed by atoms with van der Waals surface area (Å²) in [5.74, 6) is 1.49. The Morgan fingerprint density at radius 2 is 2.35 bits per heavy atom. The van der Waals surface area contributed by atoms with Gasteiger partial charge in [-0.2, -0.15) is 20.1 Å². The number of hydrogen-bond acceptors (Lipinski definition) is 7. The highest BCUT2D eigenvalue weighted by Crippen LogP contribution is 2.19. The monoisotopic (exact) mass is 275 g/mol. The van der Waals surface area contributed by atoms with Crippen LogP contribution in [-0.4, -0.2) is 44.0 Å². The third-order valence-electron chi connectivity index (χ3n) is 3.38. The topological polar surface area (TPSA) is 104 Å². The first-order valence-electron chi connectivity index (χ1n) is 6.58. The molecule has 3 rings (SSSR count). The number of nitrogens with one attached hydrogen (secondary N) is 1. The van der Waals surface area contributed by atoms with Gasteiger partial charge in [-0.15, -0.1) is 0 Å². The summed E-state index contributed by atoms with van der Waals surface area (Å²) in [6, 6.07) is 2.01. The number of rotatable bonds is 4. The van der Waals surface area contributed by atoms with Crippen LogP contribution in [0.15, 0.2) is 18.5 Å². The SMILES string of the molecule is CC(Nc1nc(N)nc(-n2cccn2)n1)C1CCOC1. The lowest BCUT2D eigenvalue weighted by Gasteiger charge is -2.19. The summed E-state index contributed by atoms with van der Waals surface area (Å²) in [6.45, 7) is 3.67. The highest BCUT2D eigenvalue weighted by Gasteiger charge is 2.23. The number of hydrogen-bond donors (Lipinski definition) is 2. The number of nitrogens with two attached hydrogens (primary N) is 1. The Labute approximate surface area is 116 Å². The Morgan fingerprint density at radius 1 is 1.45 bits per heavy atom. The quantitative estimate of drug-likeness (QED) is 0.836. The molecule has 8 heteroatoms. The van der Waals surface area contributed by atoms with Gasteiger partial charge < -0.3 is 15.8 Å². The summed E-state index contributed by atoms with van der Waals surface area (Å²) in [4.78, 5) is 12.5. The third kappa shape index (κ3) is 2.69. The Hall–Kier alpha value is -2.22. The molecular weight excluding hydrogens is 258 g/mol. The number of nitrogen functional groups attached to an aromatic ring is 1. The molecule has 0 spiro atoms. The molecular formula is C12H17N7O. The maximum absolute atomic E-state index is 5.73. The molecule has 0 aliphatic carbocycles. The van der Waals surface area contributed by atoms with E-state index in [1.165, 1.54) is 0 Å². The van der Waals surface area contributed by atoms with Crippen molar-refractivity contribution in [2.75, 3.05) is 24.3 Å². The fourth-order valence-electron chi connectivity index (χ4n) is 2.20. The molecule has 2 unspecified atom stereocenters. The van der Waals surface area contributed by atoms with Gasteiger partial charge in [-0.3, -0.25) is 0 Å². The van der Waals surface area contributed by atoms with Crippen LogP contribution in [-0.2, 0) is 4.74 Å². The van der Waals surface area contributed by atoms with E-state index in [-0.39, 0.29) is 12.0 Å². The van der Waals surface area contributed by atoms with Crippen LogP contribution in [0.1, 0.15) is 13.3 Å². The Morgan fingerprint density at radius 3 is 3.05 bits per heavy atom. The normalized spacial score (nSPS) is 19.9. The summed E-state index contributed by atoms with van der Waals surface area (Å²) in [6.07, 6.45) is 4.46. The van der Waals surface area contributed by atoms with E-state index in [1.54, 1.807) is 23.1 Å². The van der Waals surface area contributed by atoms with Crippen LogP contribution in [0.25, 0.3) is 5.95 Å². The summed E-state index contributed by atoms with van der Waals surface area (Å²) >= 11 is 0. The number of aromatic nitrogens is 5. The molecule has 1 aliphatic rings. The second-order valence-electron chi connectivity index (χ2n) is 4.82. The van der Waals surface area contributed by atoms with Gasteiger partial charge in [0.1, 0.15) is 0 Å². The molecule has 0 bridgehead atoms. The van der Waals surface area contributed by atoms with Gasteiger partial charge in [0.05, 0.1) is 6.61 Å². The van der Waals surface area contributed by atoms with Gasteiger partial charge in [0.15, 0.2) is 0 Å². The van der Waals surface area contributed by atoms with E-state index in [2.05, 4.69) is 32.3 Å². The van der Waals surface area contributed by atoms with Crippen molar-refractivity contribution in [1.82, 2.24) is 24.7 Å². The molecule has 20 heavy (non-hydrogen) atoms. The summed E-state index contributed by atoms with van der Waals surface area (Å²) in [5, 5.41) is 7.35. The lowest BCUT2D eigenvalue weighted by Crippen LogP contribution is -2.27. The minimum atomic E-state index is 0.169. The zero-order valence-corrected chi connectivity index (χ0v) is 11.2. The Kier molecular flexibility index (Phi) is 3.46. The minimum absolute atomic E-state index is 0.169. The van der Waals surface area contributed by atoms with Crippen LogP contribution in [0.4, 0.5) is 11.9 Å². The lowest BCUT2D eigenvalue weighted by atomic mass is 10.0. The first kappa shape index (κ1) is 12.8. The highest BCUT2D eigenvalue weighted by atomic mass is 16.5. The lowest BCUT2D eigenvalue weighted by molar-refractivity contribution is 0.183. The van der Waals surface area contributed by atoms with Crippen molar-refractivity contribution in [3.63, 3.8) is 0 Å². The largest absolute Gasteiger partial charge is 0.381 e. The van der Waals surface area contributed by atoms with E-state index in [0.717, 1.165) is 19.6 Å². The van der Waals surface area contributed by atoms with Gasteiger partial charge in [-0.1, -0.05) is 0 Å². The van der Waals surface area contributed by atoms with E-state index < -0.39 is 0 Å². The van der Waals surface area contributed by atoms with Crippen LogP contribution in [0.3, 0.4) is 0 Å². The average molecular weight is 275 g/mol. The van der Waals surface area contributed by atoms with E-state index in [1.807, 2.05) is 0 Å². The molecule has 2 aromatic rings. The average Bonchev–Trinajstić information content (AvgIpc) is 3.12. The van der Waals surface area contributed by atoms with Crippen molar-refractivity contribution in [3.8, 4) is 5.95 Å². The van der Waals surface area contributed by atoms with Crippen LogP contribution in [0.5, 0.6) is 0 Å². The molecule has 3 heterocycles. The number of nitrogens with zero attached hydrogens (tertiary/aromatic N) is 5. The standard InChI is InChI=1S/C12H17N7O/c1-8(9-3-6-20-7-9)15-11-16-10(13)17-12(18-11)19-5-2-4-14-19/h2,4-5,8-9H,3,6-7H2,1H3,(H3,13,15,16,17,18). The zero-order valence-electron chi connectivity index (χ0n) is 11.2. The summed E-state index contributed by atoms with van der Waals surface area (Å²) in [7, 11) is 0. The molecule has 0 radical (unpaired) electrons. The highest BCUT2D eigenvalue weighted by molar-refractivity contribution is 5.35. The van der Waals surface area contributed by atoms with Crippen LogP contribution >= 0.6 is 0 Å². The first-order chi connectivity index (χ1) is 9.72. The van der Waals surface area contributed by atoms with Gasteiger partial charge in [-0.25, -0.2) is 4.68 Å². The third-order valence-corrected chi connectivity index (χ3v) is 3.38. The molecule has 2 atom stereocenters. The van der Waals surface area contributed by atoms with Crippen molar-refractivity contribution >= 4 is 11.9 Å². The van der Waals surface area contributed by atoms with Gasteiger partial charge in [0.25, 0.3) is 5.95 Å². The predicted octanol–water partition coefficient (Wildman–Crippen LogP) is 0.476. The molecule has 0 amide bonds. The number of anilines is 2. The molecule has 106 valence electrons. The zero-order chi connectivity index (χ0) is 13.9. The minimum Gasteiger partial charge on any atom is -0.381 e. The molecule has 8 nitrogen and oxygen atoms in total. The molecule has 1 saturated heterocycles. The summed E-state index contributed by atoms with van der Waals surface area (Å²) < 4.78 is 6.94. The van der Waals surface area contributed by atoms with Crippen LogP contribution in [0.2, 0.25) is 0 Å². The summed E-state index contributed by atoms with van der Waals surface area (Å²) in [5.41, 5.74) is 5.73. The maximum Gasteiger partial charge on any atom is 0.257 e. The van der Waals surface area contributed by atoms with E-state index in [0.29, 0.717) is 17.8 Å². The maximum atomic E-state index is 5.73. The molecule has 0 saturated carbocycles. The van der Waals surface area contributed by atoms with Gasteiger partial charge in [-0.05, 0) is 19.4 Å². The van der Waals surface area contributed by atoms with E-state index in [4.69, 9.17) is 10.5 Å². The molecule has 3 N–H and O–H groups in total. The van der Waals surface area contributed by atoms with E-state index in [9.17, 15) is 0 Å². The van der Waals surface area contributed by atoms with Gasteiger partial charge in [0, 0.05) is 31.0 Å². The van der Waals surface area contributed by atoms with Gasteiger partial charge >= 0.3 is 0 Å². The predicted molar refractivity (Wildman–Crippen MR) is 73.4 cm³/mol. The number of ether oxygens (including phenoxy) is 1. The molecule has 0 aromatic carbocycles. The molecule has 1 fully saturated rings. The second-order valence-corrected chi connectivity index (χ2v) is 4.82. The van der Waals surface area contributed by atoms with Crippen molar-refractivity contribution in [2.24, 2.45) is 5.92 Å². The second kappa shape index (κ2) is 5.41. The molecule has 2 aromatic heterocycles. The van der Waals surface area contributed by atoms with Crippen molar-refractivity contribution in [3.05, 3.63) is 18.5 Å². The van der Waals surface area contributed by atoms with Crippen molar-refractivity contribution in [2.45, 2.75) is 19.4 Å². The first-order valence-corrected chi connectivity index (χ1v) is 6.58. The van der Waals surface area contributed by atoms with Crippen molar-refractivity contribution in [1.29, 1.82) is 0 Å². The Balaban J connectivity index is 1.79. The van der Waals surface area contributed by atoms with Crippen LogP contribution in [0, 0.1) is 5.92 Å².